The average molecular weight is 1090 g/mol. The summed E-state index contributed by atoms with van der Waals surface area (Å²) in [6.45, 7) is 6.53. The predicted octanol–water partition coefficient (Wildman–Crippen LogP) is 22.8. The minimum absolute atomic E-state index is 0.0847. The third-order valence-corrected chi connectivity index (χ3v) is 14.3. The molecule has 0 aliphatic heterocycles. The Morgan fingerprint density at radius 1 is 0.269 bits per heavy atom. The molecule has 6 nitrogen and oxygen atoms in total. The SMILES string of the molecule is CC/C=C\C/C=C\C/C=C\C/C=C\C/C=C\C/C=C\CCCCCCCCCCC(=O)OCC(COC(=O)CCCCCCC/C=C\CCCCCCCC)OC(=O)CCCCCCCCC/C=C\CCCCCCCCC. The van der Waals surface area contributed by atoms with E-state index in [9.17, 15) is 14.4 Å². The standard InChI is InChI=1S/C72H124O6/c1-4-7-10-13-16-19-22-25-28-30-32-33-34-35-36-37-38-39-40-42-44-47-50-53-56-59-62-65-71(74)77-68-69(67-76-70(73)64-61-58-55-52-49-46-43-27-24-21-18-15-12-9-6-3)78-72(75)66-63-60-57-54-51-48-45-41-31-29-26-23-20-17-14-11-8-5-2/h7,10,16,19,25,27-29,31-33,35-36,38-39,43,69H,4-6,8-9,11-15,17-18,20-24,26,30,34,37,40-42,44-68H2,1-3H3/b10-7-,19-16-,28-25-,31-29-,33-32-,36-35-,39-38-,43-27-. The van der Waals surface area contributed by atoms with Crippen LogP contribution in [0.1, 0.15) is 323 Å². The molecule has 0 spiro atoms. The zero-order valence-electron chi connectivity index (χ0n) is 51.4. The van der Waals surface area contributed by atoms with Crippen molar-refractivity contribution >= 4 is 17.9 Å². The first-order valence-corrected chi connectivity index (χ1v) is 33.2. The highest BCUT2D eigenvalue weighted by Gasteiger charge is 2.19. The van der Waals surface area contributed by atoms with Gasteiger partial charge in [-0.25, -0.2) is 0 Å². The van der Waals surface area contributed by atoms with Gasteiger partial charge >= 0.3 is 17.9 Å². The molecule has 0 heterocycles. The van der Waals surface area contributed by atoms with E-state index in [-0.39, 0.29) is 31.1 Å². The predicted molar refractivity (Wildman–Crippen MR) is 339 cm³/mol. The Kier molecular flexibility index (Phi) is 62.7. The van der Waals surface area contributed by atoms with E-state index in [2.05, 4.69) is 118 Å². The first-order valence-electron chi connectivity index (χ1n) is 33.2. The number of unbranched alkanes of at least 4 members (excludes halogenated alkanes) is 33. The van der Waals surface area contributed by atoms with Crippen LogP contribution in [0.25, 0.3) is 0 Å². The maximum atomic E-state index is 12.9. The van der Waals surface area contributed by atoms with E-state index in [1.54, 1.807) is 0 Å². The third-order valence-electron chi connectivity index (χ3n) is 14.3. The summed E-state index contributed by atoms with van der Waals surface area (Å²) >= 11 is 0. The lowest BCUT2D eigenvalue weighted by Crippen LogP contribution is -2.30. The fourth-order valence-corrected chi connectivity index (χ4v) is 9.32. The van der Waals surface area contributed by atoms with Crippen LogP contribution in [0.4, 0.5) is 0 Å². The Hall–Kier alpha value is -3.67. The molecule has 0 aliphatic carbocycles. The molecular weight excluding hydrogens is 961 g/mol. The van der Waals surface area contributed by atoms with E-state index in [1.807, 2.05) is 0 Å². The average Bonchev–Trinajstić information content (AvgIpc) is 3.44. The number of hydrogen-bond donors (Lipinski definition) is 0. The molecule has 78 heavy (non-hydrogen) atoms. The summed E-state index contributed by atoms with van der Waals surface area (Å²) in [6.07, 6.45) is 88.4. The van der Waals surface area contributed by atoms with Crippen molar-refractivity contribution in [3.63, 3.8) is 0 Å². The molecule has 0 aromatic carbocycles. The molecule has 0 saturated carbocycles. The van der Waals surface area contributed by atoms with Crippen LogP contribution >= 0.6 is 0 Å². The molecule has 0 aromatic rings. The molecule has 0 fully saturated rings. The molecule has 0 saturated heterocycles. The van der Waals surface area contributed by atoms with E-state index >= 15 is 0 Å². The van der Waals surface area contributed by atoms with Gasteiger partial charge in [0.2, 0.25) is 0 Å². The van der Waals surface area contributed by atoms with Gasteiger partial charge in [-0.2, -0.15) is 0 Å². The fraction of sp³-hybridized carbons (Fsp3) is 0.736. The van der Waals surface area contributed by atoms with Crippen LogP contribution in [0, 0.1) is 0 Å². The topological polar surface area (TPSA) is 78.9 Å². The highest BCUT2D eigenvalue weighted by Crippen LogP contribution is 2.16. The molecule has 1 unspecified atom stereocenters. The minimum atomic E-state index is -0.788. The van der Waals surface area contributed by atoms with Crippen LogP contribution in [0.15, 0.2) is 97.2 Å². The molecule has 0 rings (SSSR count). The maximum Gasteiger partial charge on any atom is 0.306 e. The van der Waals surface area contributed by atoms with E-state index in [0.29, 0.717) is 19.3 Å². The number of esters is 3. The molecular formula is C72H124O6. The van der Waals surface area contributed by atoms with Crippen LogP contribution in [-0.4, -0.2) is 37.2 Å². The lowest BCUT2D eigenvalue weighted by molar-refractivity contribution is -0.167. The molecule has 0 N–H and O–H groups in total. The molecule has 0 amide bonds. The van der Waals surface area contributed by atoms with Gasteiger partial charge in [-0.05, 0) is 122 Å². The first-order chi connectivity index (χ1) is 38.5. The molecule has 448 valence electrons. The Balaban J connectivity index is 4.36. The smallest absolute Gasteiger partial charge is 0.306 e. The number of carbonyl (C=O) groups is 3. The number of ether oxygens (including phenoxy) is 3. The first kappa shape index (κ1) is 74.3. The van der Waals surface area contributed by atoms with E-state index in [0.717, 1.165) is 109 Å². The zero-order valence-corrected chi connectivity index (χ0v) is 51.4. The Bertz CT molecular complexity index is 1530. The van der Waals surface area contributed by atoms with E-state index in [4.69, 9.17) is 14.2 Å². The van der Waals surface area contributed by atoms with E-state index in [1.165, 1.54) is 173 Å². The second kappa shape index (κ2) is 65.8. The van der Waals surface area contributed by atoms with Gasteiger partial charge in [0.15, 0.2) is 6.10 Å². The molecule has 0 aromatic heterocycles. The molecule has 0 aliphatic rings. The van der Waals surface area contributed by atoms with Crippen molar-refractivity contribution in [1.29, 1.82) is 0 Å². The largest absolute Gasteiger partial charge is 0.462 e. The van der Waals surface area contributed by atoms with Crippen LogP contribution in [0.3, 0.4) is 0 Å². The van der Waals surface area contributed by atoms with Crippen LogP contribution in [-0.2, 0) is 28.6 Å². The zero-order chi connectivity index (χ0) is 56.4. The number of rotatable bonds is 60. The fourth-order valence-electron chi connectivity index (χ4n) is 9.32. The summed E-state index contributed by atoms with van der Waals surface area (Å²) in [6, 6.07) is 0. The lowest BCUT2D eigenvalue weighted by Gasteiger charge is -2.18. The third kappa shape index (κ3) is 63.2. The summed E-state index contributed by atoms with van der Waals surface area (Å²) in [5.41, 5.74) is 0. The van der Waals surface area contributed by atoms with Crippen molar-refractivity contribution in [2.75, 3.05) is 13.2 Å². The van der Waals surface area contributed by atoms with Crippen molar-refractivity contribution in [2.45, 2.75) is 329 Å². The summed E-state index contributed by atoms with van der Waals surface area (Å²) in [7, 11) is 0. The van der Waals surface area contributed by atoms with Crippen LogP contribution in [0.2, 0.25) is 0 Å². The van der Waals surface area contributed by atoms with Gasteiger partial charge in [-0.15, -0.1) is 0 Å². The van der Waals surface area contributed by atoms with Gasteiger partial charge in [0.05, 0.1) is 0 Å². The van der Waals surface area contributed by atoms with Gasteiger partial charge in [0, 0.05) is 19.3 Å². The maximum absolute atomic E-state index is 12.9. The monoisotopic (exact) mass is 1080 g/mol. The van der Waals surface area contributed by atoms with Crippen molar-refractivity contribution in [3.05, 3.63) is 97.2 Å². The van der Waals surface area contributed by atoms with Gasteiger partial charge in [-0.1, -0.05) is 279 Å². The van der Waals surface area contributed by atoms with Crippen LogP contribution in [0.5, 0.6) is 0 Å². The highest BCUT2D eigenvalue weighted by atomic mass is 16.6. The Morgan fingerprint density at radius 2 is 0.500 bits per heavy atom. The molecule has 0 bridgehead atoms. The number of carbonyl (C=O) groups excluding carboxylic acids is 3. The summed E-state index contributed by atoms with van der Waals surface area (Å²) < 4.78 is 16.9. The van der Waals surface area contributed by atoms with Crippen molar-refractivity contribution < 1.29 is 28.6 Å². The van der Waals surface area contributed by atoms with Crippen molar-refractivity contribution in [2.24, 2.45) is 0 Å². The lowest BCUT2D eigenvalue weighted by atomic mass is 10.1. The quantitative estimate of drug-likeness (QED) is 0.0261. The molecule has 0 radical (unpaired) electrons. The second-order valence-corrected chi connectivity index (χ2v) is 22.0. The number of allylic oxidation sites excluding steroid dienone is 16. The van der Waals surface area contributed by atoms with Gasteiger partial charge < -0.3 is 14.2 Å². The van der Waals surface area contributed by atoms with Crippen molar-refractivity contribution in [3.8, 4) is 0 Å². The van der Waals surface area contributed by atoms with Gasteiger partial charge in [0.1, 0.15) is 13.2 Å². The molecule has 1 atom stereocenters. The highest BCUT2D eigenvalue weighted by molar-refractivity contribution is 5.71. The van der Waals surface area contributed by atoms with Gasteiger partial charge in [-0.3, -0.25) is 14.4 Å². The molecule has 6 heteroatoms. The van der Waals surface area contributed by atoms with E-state index < -0.39 is 6.10 Å². The Morgan fingerprint density at radius 3 is 0.795 bits per heavy atom. The summed E-state index contributed by atoms with van der Waals surface area (Å²) in [5.74, 6) is -0.893. The number of hydrogen-bond acceptors (Lipinski definition) is 6. The van der Waals surface area contributed by atoms with Gasteiger partial charge in [0.25, 0.3) is 0 Å². The Labute approximate surface area is 483 Å². The normalized spacial score (nSPS) is 12.7. The summed E-state index contributed by atoms with van der Waals surface area (Å²) in [4.78, 5) is 38.4. The second-order valence-electron chi connectivity index (χ2n) is 22.0. The van der Waals surface area contributed by atoms with Crippen LogP contribution < -0.4 is 0 Å². The summed E-state index contributed by atoms with van der Waals surface area (Å²) in [5, 5.41) is 0. The minimum Gasteiger partial charge on any atom is -0.462 e. The van der Waals surface area contributed by atoms with Crippen molar-refractivity contribution in [1.82, 2.24) is 0 Å².